The van der Waals surface area contributed by atoms with Crippen LogP contribution in [-0.4, -0.2) is 109 Å². The quantitative estimate of drug-likeness (QED) is 0.0180. The Hall–Kier alpha value is -1.33. The lowest BCUT2D eigenvalue weighted by Gasteiger charge is -2.43. The van der Waals surface area contributed by atoms with E-state index < -0.39 is 83.5 Å². The summed E-state index contributed by atoms with van der Waals surface area (Å²) in [6.07, 6.45) is 12.0. The van der Waals surface area contributed by atoms with Crippen molar-refractivity contribution in [2.45, 2.75) is 236 Å². The van der Waals surface area contributed by atoms with E-state index in [1.807, 2.05) is 6.92 Å². The standard InChI is InChI=1S/C42H80O17P2/c1-3-5-6-7-8-9-10-11-12-17-20-23-26-30-36(45)57-34(31-55-35(44)29-25-22-19-16-14-13-15-18-21-24-28-33(43)27-4-2)32-56-61(53,54)59-42-39(48)37(46)41(38(47)40(42)49)58-60(50,51)52/h34,37-42,46-49H,3-32H2,1-2H3,(H,53,54)(H2,50,51,52)/t34-,37-,38+,39?,40-,41?,42?/m1/s1. The maximum atomic E-state index is 12.9. The van der Waals surface area contributed by atoms with E-state index in [-0.39, 0.29) is 12.8 Å². The van der Waals surface area contributed by atoms with Crippen molar-refractivity contribution in [3.8, 4) is 0 Å². The minimum absolute atomic E-state index is 0.0453. The third kappa shape index (κ3) is 29.0. The van der Waals surface area contributed by atoms with E-state index in [0.717, 1.165) is 89.9 Å². The van der Waals surface area contributed by atoms with Crippen LogP contribution in [0.15, 0.2) is 0 Å². The van der Waals surface area contributed by atoms with Gasteiger partial charge in [-0.05, 0) is 25.7 Å². The summed E-state index contributed by atoms with van der Waals surface area (Å²) in [5.74, 6) is -0.868. The molecule has 0 radical (unpaired) electrons. The van der Waals surface area contributed by atoms with Gasteiger partial charge in [0.05, 0.1) is 6.61 Å². The maximum absolute atomic E-state index is 12.9. The van der Waals surface area contributed by atoms with Crippen molar-refractivity contribution in [3.05, 3.63) is 0 Å². The normalized spacial score (nSPS) is 22.1. The number of Topliss-reactive ketones (excluding diaryl/α,β-unsaturated/α-hetero) is 1. The third-order valence-corrected chi connectivity index (χ3v) is 12.3. The van der Waals surface area contributed by atoms with Gasteiger partial charge in [0.15, 0.2) is 6.10 Å². The van der Waals surface area contributed by atoms with Gasteiger partial charge in [0.2, 0.25) is 0 Å². The summed E-state index contributed by atoms with van der Waals surface area (Å²) >= 11 is 0. The first-order valence-electron chi connectivity index (χ1n) is 23.0. The number of rotatable bonds is 39. The molecule has 360 valence electrons. The molecule has 7 N–H and O–H groups in total. The molecule has 0 amide bonds. The fourth-order valence-corrected chi connectivity index (χ4v) is 8.81. The summed E-state index contributed by atoms with van der Waals surface area (Å²) in [6.45, 7) is 2.89. The van der Waals surface area contributed by atoms with E-state index in [1.54, 1.807) is 0 Å². The second-order valence-corrected chi connectivity index (χ2v) is 19.1. The molecule has 1 fully saturated rings. The highest BCUT2D eigenvalue weighted by molar-refractivity contribution is 7.47. The van der Waals surface area contributed by atoms with Crippen molar-refractivity contribution in [1.29, 1.82) is 0 Å². The molecule has 0 heterocycles. The number of hydrogen-bond acceptors (Lipinski definition) is 14. The van der Waals surface area contributed by atoms with Crippen LogP contribution in [0.1, 0.15) is 194 Å². The fourth-order valence-electron chi connectivity index (χ4n) is 7.27. The molecular weight excluding hydrogens is 838 g/mol. The molecule has 19 heteroatoms. The predicted octanol–water partition coefficient (Wildman–Crippen LogP) is 7.41. The van der Waals surface area contributed by atoms with E-state index in [2.05, 4.69) is 11.4 Å². The summed E-state index contributed by atoms with van der Waals surface area (Å²) in [4.78, 5) is 65.5. The topological polar surface area (TPSA) is 273 Å². The lowest BCUT2D eigenvalue weighted by Crippen LogP contribution is -2.64. The van der Waals surface area contributed by atoms with Gasteiger partial charge < -0.3 is 44.6 Å². The average molecular weight is 919 g/mol. The smallest absolute Gasteiger partial charge is 0.462 e. The zero-order valence-electron chi connectivity index (χ0n) is 36.9. The molecule has 1 saturated carbocycles. The summed E-state index contributed by atoms with van der Waals surface area (Å²) in [6, 6.07) is 0. The third-order valence-electron chi connectivity index (χ3n) is 10.8. The number of aliphatic hydroxyl groups excluding tert-OH is 4. The van der Waals surface area contributed by atoms with E-state index in [0.29, 0.717) is 31.5 Å². The average Bonchev–Trinajstić information content (AvgIpc) is 3.20. The molecule has 1 aliphatic rings. The maximum Gasteiger partial charge on any atom is 0.472 e. The Kier molecular flexibility index (Phi) is 32.2. The number of carbonyl (C=O) groups is 3. The first-order chi connectivity index (χ1) is 29.0. The number of phosphoric acid groups is 2. The SMILES string of the molecule is CCCCCCCCCCCCCCCC(=O)O[C@H](COC(=O)CCCCCCCCCCCCC(=O)CCC)COP(=O)(O)OC1C(O)[C@@H](O)C(OP(=O)(O)O)[C@@H](O)[C@H]1O. The molecule has 17 nitrogen and oxygen atoms in total. The Morgan fingerprint density at radius 3 is 1.26 bits per heavy atom. The van der Waals surface area contributed by atoms with Crippen molar-refractivity contribution in [3.63, 3.8) is 0 Å². The van der Waals surface area contributed by atoms with E-state index in [1.165, 1.54) is 51.4 Å². The Morgan fingerprint density at radius 2 is 0.852 bits per heavy atom. The summed E-state index contributed by atoms with van der Waals surface area (Å²) < 4.78 is 49.0. The van der Waals surface area contributed by atoms with Gasteiger partial charge in [-0.1, -0.05) is 142 Å². The molecule has 0 aromatic carbocycles. The number of carbonyl (C=O) groups excluding carboxylic acids is 3. The van der Waals surface area contributed by atoms with Gasteiger partial charge in [-0.15, -0.1) is 0 Å². The van der Waals surface area contributed by atoms with Crippen LogP contribution in [0, 0.1) is 0 Å². The van der Waals surface area contributed by atoms with Crippen LogP contribution in [-0.2, 0) is 46.6 Å². The highest BCUT2D eigenvalue weighted by Gasteiger charge is 2.54. The van der Waals surface area contributed by atoms with Crippen molar-refractivity contribution in [2.24, 2.45) is 0 Å². The number of ether oxygens (including phenoxy) is 2. The molecule has 0 aliphatic heterocycles. The Bertz CT molecular complexity index is 1250. The zero-order chi connectivity index (χ0) is 45.5. The summed E-state index contributed by atoms with van der Waals surface area (Å²) in [5, 5.41) is 41.4. The molecular formula is C42H80O17P2. The second-order valence-electron chi connectivity index (χ2n) is 16.5. The van der Waals surface area contributed by atoms with Gasteiger partial charge in [0.1, 0.15) is 49.0 Å². The minimum atomic E-state index is -5.31. The lowest BCUT2D eigenvalue weighted by molar-refractivity contribution is -0.216. The monoisotopic (exact) mass is 918 g/mol. The van der Waals surface area contributed by atoms with Crippen LogP contribution < -0.4 is 0 Å². The van der Waals surface area contributed by atoms with Crippen molar-refractivity contribution < 1.29 is 81.7 Å². The van der Waals surface area contributed by atoms with Gasteiger partial charge in [-0.25, -0.2) is 9.13 Å². The molecule has 0 aromatic heterocycles. The largest absolute Gasteiger partial charge is 0.472 e. The first-order valence-corrected chi connectivity index (χ1v) is 26.0. The van der Waals surface area contributed by atoms with Gasteiger partial charge in [0, 0.05) is 25.7 Å². The van der Waals surface area contributed by atoms with Crippen LogP contribution in [0.2, 0.25) is 0 Å². The summed E-state index contributed by atoms with van der Waals surface area (Å²) in [7, 11) is -10.6. The van der Waals surface area contributed by atoms with Gasteiger partial charge >= 0.3 is 27.6 Å². The fraction of sp³-hybridized carbons (Fsp3) is 0.929. The van der Waals surface area contributed by atoms with Crippen molar-refractivity contribution in [2.75, 3.05) is 13.2 Å². The zero-order valence-corrected chi connectivity index (χ0v) is 38.7. The second kappa shape index (κ2) is 34.1. The first kappa shape index (κ1) is 57.7. The number of unbranched alkanes of at least 4 members (excludes halogenated alkanes) is 21. The van der Waals surface area contributed by atoms with Crippen molar-refractivity contribution >= 4 is 33.4 Å². The number of ketones is 1. The number of phosphoric ester groups is 2. The molecule has 1 rings (SSSR count). The predicted molar refractivity (Wildman–Crippen MR) is 228 cm³/mol. The van der Waals surface area contributed by atoms with Crippen LogP contribution in [0.25, 0.3) is 0 Å². The van der Waals surface area contributed by atoms with Gasteiger partial charge in [-0.2, -0.15) is 0 Å². The summed E-state index contributed by atoms with van der Waals surface area (Å²) in [5.41, 5.74) is 0. The Labute approximate surface area is 363 Å². The minimum Gasteiger partial charge on any atom is -0.462 e. The molecule has 0 bridgehead atoms. The number of hydrogen-bond donors (Lipinski definition) is 7. The van der Waals surface area contributed by atoms with Gasteiger partial charge in [-0.3, -0.25) is 28.0 Å². The van der Waals surface area contributed by atoms with E-state index >= 15 is 0 Å². The molecule has 1 aliphatic carbocycles. The van der Waals surface area contributed by atoms with Gasteiger partial charge in [0.25, 0.3) is 0 Å². The van der Waals surface area contributed by atoms with E-state index in [4.69, 9.17) is 28.3 Å². The molecule has 8 atom stereocenters. The van der Waals surface area contributed by atoms with Crippen LogP contribution in [0.3, 0.4) is 0 Å². The molecule has 4 unspecified atom stereocenters. The lowest BCUT2D eigenvalue weighted by atomic mass is 9.85. The Morgan fingerprint density at radius 1 is 0.475 bits per heavy atom. The van der Waals surface area contributed by atoms with Crippen LogP contribution >= 0.6 is 15.6 Å². The molecule has 61 heavy (non-hydrogen) atoms. The Balaban J connectivity index is 2.58. The van der Waals surface area contributed by atoms with E-state index in [9.17, 15) is 48.8 Å². The molecule has 0 spiro atoms. The highest BCUT2D eigenvalue weighted by Crippen LogP contribution is 2.48. The van der Waals surface area contributed by atoms with Crippen LogP contribution in [0.5, 0.6) is 0 Å². The molecule has 0 saturated heterocycles. The highest BCUT2D eigenvalue weighted by atomic mass is 31.2. The number of esters is 2. The van der Waals surface area contributed by atoms with Crippen LogP contribution in [0.4, 0.5) is 0 Å². The van der Waals surface area contributed by atoms with Crippen molar-refractivity contribution in [1.82, 2.24) is 0 Å². The molecule has 0 aromatic rings. The number of aliphatic hydroxyl groups is 4.